The molecule has 3 atom stereocenters. The number of benzene rings is 2. The molecule has 12 nitrogen and oxygen atoms in total. The van der Waals surface area contributed by atoms with Crippen LogP contribution in [0.1, 0.15) is 68.3 Å². The van der Waals surface area contributed by atoms with E-state index in [1.165, 1.54) is 29.5 Å². The molecule has 3 N–H and O–H groups in total. The van der Waals surface area contributed by atoms with E-state index in [0.29, 0.717) is 34.8 Å². The van der Waals surface area contributed by atoms with Gasteiger partial charge < -0.3 is 24.7 Å². The Morgan fingerprint density at radius 2 is 1.88 bits per heavy atom. The number of aromatic amines is 1. The van der Waals surface area contributed by atoms with E-state index < -0.39 is 6.04 Å². The van der Waals surface area contributed by atoms with Crippen LogP contribution in [0, 0.1) is 21.4 Å². The Kier molecular flexibility index (Phi) is 12.5. The van der Waals surface area contributed by atoms with Crippen LogP contribution in [0.15, 0.2) is 90.8 Å². The van der Waals surface area contributed by atoms with Gasteiger partial charge in [0, 0.05) is 85.9 Å². The first-order valence-electron chi connectivity index (χ1n) is 20.7. The third-order valence-corrected chi connectivity index (χ3v) is 13.2. The fraction of sp³-hybridized carbons (Fsp3) is 0.467. The van der Waals surface area contributed by atoms with Gasteiger partial charge in [0.1, 0.15) is 17.1 Å². The normalized spacial score (nSPS) is 22.9. The lowest BCUT2D eigenvalue weighted by Crippen LogP contribution is -2.48. The third kappa shape index (κ3) is 9.77. The Morgan fingerprint density at radius 3 is 2.67 bits per heavy atom. The zero-order valence-corrected chi connectivity index (χ0v) is 34.3. The van der Waals surface area contributed by atoms with E-state index in [4.69, 9.17) is 9.47 Å². The van der Waals surface area contributed by atoms with E-state index in [1.807, 2.05) is 48.7 Å². The Hall–Kier alpha value is -4.69. The molecule has 2 aliphatic heterocycles. The molecule has 13 heteroatoms. The van der Waals surface area contributed by atoms with Gasteiger partial charge in [0.05, 0.1) is 17.8 Å². The predicted octanol–water partition coefficient (Wildman–Crippen LogP) is 7.88. The summed E-state index contributed by atoms with van der Waals surface area (Å²) in [4.78, 5) is 38.4. The van der Waals surface area contributed by atoms with Gasteiger partial charge in [-0.05, 0) is 97.3 Å². The standard InChI is InChI=1S/C45H55N7O5S/c1-45(2)16-12-34(39(27-45)32-6-4-3-5-7-32)30-50-18-20-51(21-19-50)35-8-10-38(42(25-35)57-36-24-33-13-17-46-43(33)48-29-36)44(53)49-58-37-9-11-40(41(26-37)52(54)55)47-28-31-14-22-56-23-15-31/h3-11,13,17,24-25,29,31,37,40-41,47H,12,14-16,18-23,26-28,30H2,1-2H3,(H,46,48)(H,49,53). The third-order valence-electron chi connectivity index (χ3n) is 12.3. The molecule has 58 heavy (non-hydrogen) atoms. The van der Waals surface area contributed by atoms with Crippen LogP contribution in [0.2, 0.25) is 0 Å². The number of hydrogen-bond acceptors (Lipinski definition) is 10. The minimum Gasteiger partial charge on any atom is -0.455 e. The zero-order chi connectivity index (χ0) is 40.1. The van der Waals surface area contributed by atoms with Gasteiger partial charge in [0.15, 0.2) is 0 Å². The summed E-state index contributed by atoms with van der Waals surface area (Å²) in [5.41, 5.74) is 6.86. The Bertz CT molecular complexity index is 2120. The number of piperazine rings is 1. The smallest absolute Gasteiger partial charge is 0.264 e. The molecule has 2 aromatic heterocycles. The molecule has 0 spiro atoms. The molecule has 2 aromatic carbocycles. The summed E-state index contributed by atoms with van der Waals surface area (Å²) in [6.45, 7) is 11.5. The van der Waals surface area contributed by atoms with Gasteiger partial charge >= 0.3 is 0 Å². The number of rotatable bonds is 13. The summed E-state index contributed by atoms with van der Waals surface area (Å²) in [5, 5.41) is 16.2. The van der Waals surface area contributed by atoms with Crippen LogP contribution in [-0.4, -0.2) is 95.5 Å². The lowest BCUT2D eigenvalue weighted by molar-refractivity contribution is -0.526. The monoisotopic (exact) mass is 805 g/mol. The number of hydrogen-bond donors (Lipinski definition) is 3. The quantitative estimate of drug-likeness (QED) is 0.0530. The summed E-state index contributed by atoms with van der Waals surface area (Å²) in [6.07, 6.45) is 13.0. The van der Waals surface area contributed by atoms with Crippen molar-refractivity contribution in [2.75, 3.05) is 57.4 Å². The summed E-state index contributed by atoms with van der Waals surface area (Å²) >= 11 is 1.21. The van der Waals surface area contributed by atoms with Gasteiger partial charge in [-0.2, -0.15) is 0 Å². The van der Waals surface area contributed by atoms with E-state index in [-0.39, 0.29) is 22.1 Å². The van der Waals surface area contributed by atoms with Crippen molar-refractivity contribution >= 4 is 40.1 Å². The molecule has 4 aromatic rings. The first-order valence-corrected chi connectivity index (χ1v) is 21.6. The minimum absolute atomic E-state index is 0.198. The van der Waals surface area contributed by atoms with Crippen LogP contribution in [-0.2, 0) is 4.74 Å². The molecule has 4 aliphatic rings. The number of fused-ring (bicyclic) bond motifs is 1. The average Bonchev–Trinajstić information content (AvgIpc) is 3.72. The molecule has 0 saturated carbocycles. The molecule has 3 unspecified atom stereocenters. The molecular weight excluding hydrogens is 751 g/mol. The van der Waals surface area contributed by atoms with Gasteiger partial charge in [-0.3, -0.25) is 24.5 Å². The minimum atomic E-state index is -0.786. The number of amides is 1. The SMILES string of the molecule is CC1(C)CCC(CN2CCN(c3ccc(C(=O)NSC4C=CC(NCC5CCOCC5)C([N+](=O)[O-])C4)c(Oc4cnc5[nH]ccc5c4)c3)CC2)=C(c2ccccc2)C1. The fourth-order valence-electron chi connectivity index (χ4n) is 8.75. The summed E-state index contributed by atoms with van der Waals surface area (Å²) in [5.74, 6) is 1.09. The number of pyridine rings is 1. The summed E-state index contributed by atoms with van der Waals surface area (Å²) < 4.78 is 14.9. The van der Waals surface area contributed by atoms with Crippen LogP contribution in [0.4, 0.5) is 5.69 Å². The van der Waals surface area contributed by atoms with Gasteiger partial charge in [-0.1, -0.05) is 61.9 Å². The van der Waals surface area contributed by atoms with Gasteiger partial charge in [-0.25, -0.2) is 4.98 Å². The Morgan fingerprint density at radius 1 is 1.07 bits per heavy atom. The zero-order valence-electron chi connectivity index (χ0n) is 33.5. The van der Waals surface area contributed by atoms with E-state index in [9.17, 15) is 14.9 Å². The lowest BCUT2D eigenvalue weighted by atomic mass is 9.72. The molecule has 2 fully saturated rings. The van der Waals surface area contributed by atoms with Crippen LogP contribution in [0.25, 0.3) is 16.6 Å². The predicted molar refractivity (Wildman–Crippen MR) is 231 cm³/mol. The van der Waals surface area contributed by atoms with Crippen molar-refractivity contribution in [3.8, 4) is 11.5 Å². The number of ether oxygens (including phenoxy) is 2. The fourth-order valence-corrected chi connectivity index (χ4v) is 9.58. The number of nitro groups is 1. The maximum atomic E-state index is 13.9. The molecule has 306 valence electrons. The lowest BCUT2D eigenvalue weighted by Gasteiger charge is -2.39. The van der Waals surface area contributed by atoms with Crippen molar-refractivity contribution in [3.63, 3.8) is 0 Å². The summed E-state index contributed by atoms with van der Waals surface area (Å²) in [7, 11) is 0. The highest BCUT2D eigenvalue weighted by Crippen LogP contribution is 2.43. The van der Waals surface area contributed by atoms with Crippen molar-refractivity contribution in [1.82, 2.24) is 24.9 Å². The van der Waals surface area contributed by atoms with E-state index in [1.54, 1.807) is 11.8 Å². The Labute approximate surface area is 345 Å². The highest BCUT2D eigenvalue weighted by molar-refractivity contribution is 7.98. The van der Waals surface area contributed by atoms with Crippen LogP contribution < -0.4 is 19.7 Å². The van der Waals surface area contributed by atoms with Crippen molar-refractivity contribution in [2.24, 2.45) is 11.3 Å². The van der Waals surface area contributed by atoms with E-state index >= 15 is 0 Å². The largest absolute Gasteiger partial charge is 0.455 e. The van der Waals surface area contributed by atoms with E-state index in [0.717, 1.165) is 94.9 Å². The second kappa shape index (κ2) is 18.1. The first kappa shape index (κ1) is 40.1. The van der Waals surface area contributed by atoms with Gasteiger partial charge in [0.2, 0.25) is 6.04 Å². The number of nitrogens with one attached hydrogen (secondary N) is 3. The molecule has 2 saturated heterocycles. The van der Waals surface area contributed by atoms with Crippen molar-refractivity contribution < 1.29 is 19.2 Å². The second-order valence-corrected chi connectivity index (χ2v) is 18.0. The maximum Gasteiger partial charge on any atom is 0.264 e. The number of carbonyl (C=O) groups is 1. The topological polar surface area (TPSA) is 138 Å². The number of aromatic nitrogens is 2. The molecule has 0 bridgehead atoms. The number of anilines is 1. The highest BCUT2D eigenvalue weighted by atomic mass is 32.2. The number of allylic oxidation sites excluding steroid dienone is 1. The molecule has 1 amide bonds. The van der Waals surface area contributed by atoms with Crippen molar-refractivity contribution in [1.29, 1.82) is 0 Å². The maximum absolute atomic E-state index is 13.9. The van der Waals surface area contributed by atoms with Crippen LogP contribution >= 0.6 is 11.9 Å². The van der Waals surface area contributed by atoms with Gasteiger partial charge in [0.25, 0.3) is 5.91 Å². The molecule has 0 radical (unpaired) electrons. The second-order valence-electron chi connectivity index (χ2n) is 17.0. The first-order chi connectivity index (χ1) is 28.2. The number of H-pyrrole nitrogens is 1. The molecular formula is C45H55N7O5S. The summed E-state index contributed by atoms with van der Waals surface area (Å²) in [6, 6.07) is 19.4. The van der Waals surface area contributed by atoms with Crippen molar-refractivity contribution in [3.05, 3.63) is 112 Å². The molecule has 2 aliphatic carbocycles. The average molecular weight is 806 g/mol. The Balaban J connectivity index is 0.944. The van der Waals surface area contributed by atoms with E-state index in [2.05, 4.69) is 74.0 Å². The molecule has 4 heterocycles. The molecule has 8 rings (SSSR count). The number of nitrogens with zero attached hydrogens (tertiary/aromatic N) is 4. The highest BCUT2D eigenvalue weighted by Gasteiger charge is 2.36. The van der Waals surface area contributed by atoms with Gasteiger partial charge in [-0.15, -0.1) is 0 Å². The number of carbonyl (C=O) groups excluding carboxylic acids is 1. The van der Waals surface area contributed by atoms with Crippen molar-refractivity contribution in [2.45, 2.75) is 69.7 Å². The van der Waals surface area contributed by atoms with Crippen LogP contribution in [0.5, 0.6) is 11.5 Å². The van der Waals surface area contributed by atoms with Crippen LogP contribution in [0.3, 0.4) is 0 Å².